The van der Waals surface area contributed by atoms with Crippen molar-refractivity contribution in [1.82, 2.24) is 0 Å². The monoisotopic (exact) mass is 440 g/mol. The zero-order valence-corrected chi connectivity index (χ0v) is 19.1. The summed E-state index contributed by atoms with van der Waals surface area (Å²) in [6.45, 7) is 1.94. The maximum atomic E-state index is 13.2. The molecule has 168 valence electrons. The molecule has 3 aromatic carbocycles. The third-order valence-electron chi connectivity index (χ3n) is 5.32. The number of allylic oxidation sites excluding steroid dienone is 3. The van der Waals surface area contributed by atoms with Crippen LogP contribution in [0.15, 0.2) is 96.3 Å². The van der Waals surface area contributed by atoms with Crippen LogP contribution < -0.4 is 9.47 Å². The Morgan fingerprint density at radius 3 is 2.36 bits per heavy atom. The Morgan fingerprint density at radius 1 is 0.879 bits per heavy atom. The van der Waals surface area contributed by atoms with Gasteiger partial charge in [0, 0.05) is 12.0 Å². The predicted octanol–water partition coefficient (Wildman–Crippen LogP) is 6.36. The van der Waals surface area contributed by atoms with Crippen LogP contribution in [0, 0.1) is 6.92 Å². The molecule has 0 spiro atoms. The first-order valence-electron chi connectivity index (χ1n) is 10.7. The number of benzene rings is 3. The first-order chi connectivity index (χ1) is 16.0. The van der Waals surface area contributed by atoms with E-state index in [1.165, 1.54) is 6.08 Å². The molecule has 0 atom stereocenters. The molecular formula is C29H28O4. The predicted molar refractivity (Wildman–Crippen MR) is 134 cm³/mol. The van der Waals surface area contributed by atoms with Crippen molar-refractivity contribution >= 4 is 17.9 Å². The molecule has 0 fully saturated rings. The van der Waals surface area contributed by atoms with Gasteiger partial charge in [-0.05, 0) is 59.5 Å². The molecule has 0 amide bonds. The average Bonchev–Trinajstić information content (AvgIpc) is 2.85. The summed E-state index contributed by atoms with van der Waals surface area (Å²) in [5, 5.41) is 10.8. The van der Waals surface area contributed by atoms with E-state index in [1.54, 1.807) is 32.4 Å². The van der Waals surface area contributed by atoms with E-state index in [0.29, 0.717) is 12.0 Å². The van der Waals surface area contributed by atoms with Crippen molar-refractivity contribution in [3.05, 3.63) is 119 Å². The molecule has 0 aliphatic carbocycles. The molecule has 0 aromatic heterocycles. The van der Waals surface area contributed by atoms with Crippen molar-refractivity contribution in [2.75, 3.05) is 14.2 Å². The highest BCUT2D eigenvalue weighted by molar-refractivity contribution is 6.07. The first kappa shape index (κ1) is 23.6. The molecule has 0 saturated heterocycles. The number of ether oxygens (including phenoxy) is 2. The van der Waals surface area contributed by atoms with Gasteiger partial charge in [-0.3, -0.25) is 4.79 Å². The normalized spacial score (nSPS) is 12.1. The van der Waals surface area contributed by atoms with Crippen LogP contribution in [-0.2, 0) is 11.2 Å². The molecule has 33 heavy (non-hydrogen) atoms. The summed E-state index contributed by atoms with van der Waals surface area (Å²) in [5.74, 6) is 1.15. The van der Waals surface area contributed by atoms with Gasteiger partial charge in [-0.1, -0.05) is 66.7 Å². The van der Waals surface area contributed by atoms with Gasteiger partial charge in [0.2, 0.25) is 0 Å². The van der Waals surface area contributed by atoms with Crippen molar-refractivity contribution in [2.24, 2.45) is 0 Å². The van der Waals surface area contributed by atoms with Gasteiger partial charge in [0.25, 0.3) is 0 Å². The van der Waals surface area contributed by atoms with Gasteiger partial charge < -0.3 is 14.6 Å². The van der Waals surface area contributed by atoms with Crippen LogP contribution in [0.25, 0.3) is 12.2 Å². The van der Waals surface area contributed by atoms with E-state index in [4.69, 9.17) is 9.47 Å². The summed E-state index contributed by atoms with van der Waals surface area (Å²) < 4.78 is 10.6. The van der Waals surface area contributed by atoms with Crippen molar-refractivity contribution < 1.29 is 19.4 Å². The van der Waals surface area contributed by atoms with Crippen molar-refractivity contribution in [3.8, 4) is 11.5 Å². The fraction of sp³-hybridized carbons (Fsp3) is 0.138. The van der Waals surface area contributed by atoms with E-state index in [9.17, 15) is 9.90 Å². The number of ketones is 1. The van der Waals surface area contributed by atoms with E-state index >= 15 is 0 Å². The highest BCUT2D eigenvalue weighted by Crippen LogP contribution is 2.23. The second-order valence-corrected chi connectivity index (χ2v) is 7.51. The Hall–Kier alpha value is -4.05. The minimum atomic E-state index is -0.256. The zero-order valence-electron chi connectivity index (χ0n) is 19.1. The fourth-order valence-electron chi connectivity index (χ4n) is 3.42. The number of methoxy groups -OCH3 is 2. The number of rotatable bonds is 9. The Balaban J connectivity index is 1.92. The van der Waals surface area contributed by atoms with Gasteiger partial charge in [0.15, 0.2) is 5.78 Å². The number of carbonyl (C=O) groups excluding carboxylic acids is 1. The Bertz CT molecular complexity index is 1190. The maximum absolute atomic E-state index is 13.2. The van der Waals surface area contributed by atoms with Gasteiger partial charge in [-0.2, -0.15) is 0 Å². The summed E-state index contributed by atoms with van der Waals surface area (Å²) in [7, 11) is 3.22. The van der Waals surface area contributed by atoms with E-state index in [2.05, 4.69) is 0 Å². The molecule has 0 bridgehead atoms. The zero-order chi connectivity index (χ0) is 23.6. The maximum Gasteiger partial charge on any atom is 0.185 e. The van der Waals surface area contributed by atoms with E-state index in [-0.39, 0.29) is 11.5 Å². The SMILES string of the molecule is COc1cccc(/C=C/C(O)=C(\Cc2ccccc2)C(=O)/C=C/c2cccc(OC)c2C)c1. The van der Waals surface area contributed by atoms with Crippen LogP contribution in [-0.4, -0.2) is 25.1 Å². The van der Waals surface area contributed by atoms with Crippen molar-refractivity contribution in [2.45, 2.75) is 13.3 Å². The largest absolute Gasteiger partial charge is 0.508 e. The van der Waals surface area contributed by atoms with Crippen LogP contribution >= 0.6 is 0 Å². The van der Waals surface area contributed by atoms with Crippen LogP contribution in [0.3, 0.4) is 0 Å². The molecule has 0 aliphatic heterocycles. The van der Waals surface area contributed by atoms with Gasteiger partial charge in [0.1, 0.15) is 17.3 Å². The van der Waals surface area contributed by atoms with Crippen LogP contribution in [0.5, 0.6) is 11.5 Å². The Morgan fingerprint density at radius 2 is 1.64 bits per heavy atom. The molecule has 0 heterocycles. The third-order valence-corrected chi connectivity index (χ3v) is 5.32. The van der Waals surface area contributed by atoms with E-state index in [0.717, 1.165) is 33.8 Å². The lowest BCUT2D eigenvalue weighted by atomic mass is 9.98. The molecule has 0 aliphatic rings. The highest BCUT2D eigenvalue weighted by Gasteiger charge is 2.13. The second-order valence-electron chi connectivity index (χ2n) is 7.51. The third kappa shape index (κ3) is 6.47. The second kappa shape index (κ2) is 11.5. The lowest BCUT2D eigenvalue weighted by molar-refractivity contribution is -0.111. The van der Waals surface area contributed by atoms with E-state index < -0.39 is 0 Å². The average molecular weight is 441 g/mol. The minimum Gasteiger partial charge on any atom is -0.508 e. The molecule has 3 rings (SSSR count). The topological polar surface area (TPSA) is 55.8 Å². The number of aliphatic hydroxyl groups is 1. The van der Waals surface area contributed by atoms with Gasteiger partial charge in [-0.25, -0.2) is 0 Å². The molecule has 0 radical (unpaired) electrons. The first-order valence-corrected chi connectivity index (χ1v) is 10.7. The van der Waals surface area contributed by atoms with Crippen LogP contribution in [0.1, 0.15) is 22.3 Å². The molecule has 0 saturated carbocycles. The van der Waals surface area contributed by atoms with Crippen LogP contribution in [0.4, 0.5) is 0 Å². The summed E-state index contributed by atoms with van der Waals surface area (Å²) in [4.78, 5) is 13.2. The molecule has 0 unspecified atom stereocenters. The van der Waals surface area contributed by atoms with Gasteiger partial charge in [0.05, 0.1) is 14.2 Å². The van der Waals surface area contributed by atoms with Gasteiger partial charge in [-0.15, -0.1) is 0 Å². The fourth-order valence-corrected chi connectivity index (χ4v) is 3.42. The molecule has 1 N–H and O–H groups in total. The number of carbonyl (C=O) groups is 1. The Labute approximate surface area is 195 Å². The summed E-state index contributed by atoms with van der Waals surface area (Å²) in [6.07, 6.45) is 6.87. The molecule has 4 nitrogen and oxygen atoms in total. The number of hydrogen-bond donors (Lipinski definition) is 1. The molecule has 3 aromatic rings. The highest BCUT2D eigenvalue weighted by atomic mass is 16.5. The minimum absolute atomic E-state index is 0.0707. The lowest BCUT2D eigenvalue weighted by Crippen LogP contribution is -2.06. The Kier molecular flexibility index (Phi) is 8.25. The molecule has 4 heteroatoms. The van der Waals surface area contributed by atoms with Crippen molar-refractivity contribution in [1.29, 1.82) is 0 Å². The summed E-state index contributed by atoms with van der Waals surface area (Å²) >= 11 is 0. The van der Waals surface area contributed by atoms with Crippen molar-refractivity contribution in [3.63, 3.8) is 0 Å². The van der Waals surface area contributed by atoms with Gasteiger partial charge >= 0.3 is 0 Å². The number of hydrogen-bond acceptors (Lipinski definition) is 4. The summed E-state index contributed by atoms with van der Waals surface area (Å²) in [5.41, 5.74) is 3.94. The quantitative estimate of drug-likeness (QED) is 0.239. The van der Waals surface area contributed by atoms with E-state index in [1.807, 2.05) is 79.7 Å². The smallest absolute Gasteiger partial charge is 0.185 e. The van der Waals surface area contributed by atoms with Crippen LogP contribution in [0.2, 0.25) is 0 Å². The standard InChI is InChI=1S/C29H28O4/c1-21-24(12-8-14-29(21)33-3)16-18-28(31)26(20-22-9-5-4-6-10-22)27(30)17-15-23-11-7-13-25(19-23)32-2/h4-19,30H,20H2,1-3H3/b17-15+,18-16+,27-26-. The summed E-state index contributed by atoms with van der Waals surface area (Å²) in [6, 6.07) is 22.8. The molecular weight excluding hydrogens is 412 g/mol. The lowest BCUT2D eigenvalue weighted by Gasteiger charge is -2.08. The number of aliphatic hydroxyl groups excluding tert-OH is 1.